The Labute approximate surface area is 113 Å². The average Bonchev–Trinajstić information content (AvgIpc) is 2.70. The number of nitrogen functional groups attached to an aromatic ring is 1. The van der Waals surface area contributed by atoms with Crippen molar-refractivity contribution in [3.05, 3.63) is 17.8 Å². The number of hydrogen-bond donors (Lipinski definition) is 2. The summed E-state index contributed by atoms with van der Waals surface area (Å²) in [6, 6.07) is 1.94. The van der Waals surface area contributed by atoms with Crippen LogP contribution in [-0.2, 0) is 4.74 Å². The number of rotatable bonds is 3. The summed E-state index contributed by atoms with van der Waals surface area (Å²) in [6.07, 6.45) is 4.88. The monoisotopic (exact) mass is 263 g/mol. The molecule has 1 aromatic rings. The summed E-state index contributed by atoms with van der Waals surface area (Å²) >= 11 is 0. The van der Waals surface area contributed by atoms with E-state index in [2.05, 4.69) is 24.1 Å². The summed E-state index contributed by atoms with van der Waals surface area (Å²) in [5.41, 5.74) is 6.87. The SMILES string of the molecule is COC(=O)c1cc(N)cnc1NC1CCC(C)(C)C1. The van der Waals surface area contributed by atoms with Crippen molar-refractivity contribution in [2.75, 3.05) is 18.2 Å². The zero-order valence-electron chi connectivity index (χ0n) is 11.7. The normalized spacial score (nSPS) is 21.1. The minimum absolute atomic E-state index is 0.342. The van der Waals surface area contributed by atoms with Gasteiger partial charge in [-0.15, -0.1) is 0 Å². The molecule has 0 aromatic carbocycles. The summed E-state index contributed by atoms with van der Waals surface area (Å²) in [7, 11) is 1.36. The van der Waals surface area contributed by atoms with Gasteiger partial charge >= 0.3 is 5.97 Å². The van der Waals surface area contributed by atoms with E-state index in [1.807, 2.05) is 0 Å². The molecule has 1 fully saturated rings. The second-order valence-electron chi connectivity index (χ2n) is 5.90. The molecule has 104 valence electrons. The van der Waals surface area contributed by atoms with Gasteiger partial charge in [-0.3, -0.25) is 0 Å². The number of esters is 1. The summed E-state index contributed by atoms with van der Waals surface area (Å²) in [4.78, 5) is 16.0. The fourth-order valence-electron chi connectivity index (χ4n) is 2.61. The van der Waals surface area contributed by atoms with E-state index < -0.39 is 5.97 Å². The standard InChI is InChI=1S/C14H21N3O2/c1-14(2)5-4-10(7-14)17-12-11(13(18)19-3)6-9(15)8-16-12/h6,8,10H,4-5,7,15H2,1-3H3,(H,16,17). The van der Waals surface area contributed by atoms with Crippen molar-refractivity contribution in [3.63, 3.8) is 0 Å². The highest BCUT2D eigenvalue weighted by molar-refractivity contribution is 5.95. The highest BCUT2D eigenvalue weighted by Gasteiger charge is 2.31. The maximum Gasteiger partial charge on any atom is 0.341 e. The van der Waals surface area contributed by atoms with Gasteiger partial charge in [-0.1, -0.05) is 13.8 Å². The molecule has 1 aliphatic carbocycles. The minimum Gasteiger partial charge on any atom is -0.465 e. The van der Waals surface area contributed by atoms with Gasteiger partial charge in [0.1, 0.15) is 11.4 Å². The van der Waals surface area contributed by atoms with Crippen molar-refractivity contribution in [1.29, 1.82) is 0 Å². The van der Waals surface area contributed by atoms with Crippen LogP contribution in [0.2, 0.25) is 0 Å². The number of nitrogens with two attached hydrogens (primary N) is 1. The fraction of sp³-hybridized carbons (Fsp3) is 0.571. The first-order valence-corrected chi connectivity index (χ1v) is 6.52. The Bertz CT molecular complexity index is 486. The molecule has 0 aliphatic heterocycles. The molecule has 0 spiro atoms. The van der Waals surface area contributed by atoms with Crippen molar-refractivity contribution in [2.24, 2.45) is 5.41 Å². The van der Waals surface area contributed by atoms with Gasteiger partial charge in [0.05, 0.1) is 19.0 Å². The number of hydrogen-bond acceptors (Lipinski definition) is 5. The van der Waals surface area contributed by atoms with Gasteiger partial charge in [-0.2, -0.15) is 0 Å². The van der Waals surface area contributed by atoms with Gasteiger partial charge in [-0.05, 0) is 30.7 Å². The van der Waals surface area contributed by atoms with Gasteiger partial charge in [0.25, 0.3) is 0 Å². The molecule has 0 bridgehead atoms. The number of nitrogens with one attached hydrogen (secondary N) is 1. The minimum atomic E-state index is -0.417. The van der Waals surface area contributed by atoms with Crippen molar-refractivity contribution in [2.45, 2.75) is 39.2 Å². The number of anilines is 2. The molecular formula is C14H21N3O2. The van der Waals surface area contributed by atoms with Crippen LogP contribution in [0, 0.1) is 5.41 Å². The smallest absolute Gasteiger partial charge is 0.341 e. The molecule has 1 unspecified atom stereocenters. The van der Waals surface area contributed by atoms with Gasteiger partial charge in [0.15, 0.2) is 0 Å². The van der Waals surface area contributed by atoms with E-state index >= 15 is 0 Å². The Kier molecular flexibility index (Phi) is 3.64. The summed E-state index contributed by atoms with van der Waals surface area (Å²) in [5.74, 6) is 0.142. The Morgan fingerprint density at radius 1 is 1.58 bits per heavy atom. The number of carbonyl (C=O) groups excluding carboxylic acids is 1. The van der Waals surface area contributed by atoms with Gasteiger partial charge in [0, 0.05) is 6.04 Å². The maximum absolute atomic E-state index is 11.7. The fourth-order valence-corrected chi connectivity index (χ4v) is 2.61. The van der Waals surface area contributed by atoms with Crippen molar-refractivity contribution >= 4 is 17.5 Å². The van der Waals surface area contributed by atoms with Crippen molar-refractivity contribution in [1.82, 2.24) is 4.98 Å². The number of aromatic nitrogens is 1. The molecule has 1 aromatic heterocycles. The quantitative estimate of drug-likeness (QED) is 0.819. The van der Waals surface area contributed by atoms with Crippen LogP contribution in [0.1, 0.15) is 43.5 Å². The first-order chi connectivity index (χ1) is 8.91. The lowest BCUT2D eigenvalue weighted by Crippen LogP contribution is -2.20. The summed E-state index contributed by atoms with van der Waals surface area (Å²) in [6.45, 7) is 4.51. The third-order valence-electron chi connectivity index (χ3n) is 3.62. The van der Waals surface area contributed by atoms with Crippen LogP contribution in [0.4, 0.5) is 11.5 Å². The lowest BCUT2D eigenvalue weighted by Gasteiger charge is -2.19. The highest BCUT2D eigenvalue weighted by atomic mass is 16.5. The molecule has 2 rings (SSSR count). The molecule has 5 nitrogen and oxygen atoms in total. The van der Waals surface area contributed by atoms with E-state index in [-0.39, 0.29) is 0 Å². The third-order valence-corrected chi connectivity index (χ3v) is 3.62. The number of nitrogens with zero attached hydrogens (tertiary/aromatic N) is 1. The molecule has 5 heteroatoms. The molecule has 1 saturated carbocycles. The van der Waals surface area contributed by atoms with Crippen LogP contribution in [0.15, 0.2) is 12.3 Å². The topological polar surface area (TPSA) is 77.2 Å². The predicted octanol–water partition coefficient (Wildman–Crippen LogP) is 2.44. The lowest BCUT2D eigenvalue weighted by atomic mass is 9.92. The lowest BCUT2D eigenvalue weighted by molar-refractivity contribution is 0.0601. The Hall–Kier alpha value is -1.78. The Morgan fingerprint density at radius 2 is 2.32 bits per heavy atom. The van der Waals surface area contributed by atoms with Crippen LogP contribution in [0.3, 0.4) is 0 Å². The Morgan fingerprint density at radius 3 is 2.89 bits per heavy atom. The molecule has 0 saturated heterocycles. The van der Waals surface area contributed by atoms with E-state index in [0.29, 0.717) is 28.5 Å². The van der Waals surface area contributed by atoms with Crippen LogP contribution < -0.4 is 11.1 Å². The Balaban J connectivity index is 2.18. The predicted molar refractivity (Wildman–Crippen MR) is 75.0 cm³/mol. The average molecular weight is 263 g/mol. The number of carbonyl (C=O) groups is 1. The summed E-state index contributed by atoms with van der Waals surface area (Å²) in [5, 5.41) is 3.34. The molecule has 1 atom stereocenters. The summed E-state index contributed by atoms with van der Waals surface area (Å²) < 4.78 is 4.76. The molecular weight excluding hydrogens is 242 g/mol. The van der Waals surface area contributed by atoms with E-state index in [0.717, 1.165) is 12.8 Å². The maximum atomic E-state index is 11.7. The zero-order chi connectivity index (χ0) is 14.0. The number of methoxy groups -OCH3 is 1. The molecule has 0 amide bonds. The van der Waals surface area contributed by atoms with E-state index in [1.54, 1.807) is 12.3 Å². The largest absolute Gasteiger partial charge is 0.465 e. The van der Waals surface area contributed by atoms with Gasteiger partial charge < -0.3 is 15.8 Å². The number of ether oxygens (including phenoxy) is 1. The molecule has 0 radical (unpaired) electrons. The number of pyridine rings is 1. The molecule has 1 heterocycles. The van der Waals surface area contributed by atoms with Gasteiger partial charge in [-0.25, -0.2) is 9.78 Å². The van der Waals surface area contributed by atoms with Crippen LogP contribution in [-0.4, -0.2) is 24.1 Å². The second kappa shape index (κ2) is 5.07. The first-order valence-electron chi connectivity index (χ1n) is 6.52. The van der Waals surface area contributed by atoms with E-state index in [9.17, 15) is 4.79 Å². The van der Waals surface area contributed by atoms with Crippen molar-refractivity contribution in [3.8, 4) is 0 Å². The van der Waals surface area contributed by atoms with Crippen LogP contribution in [0.5, 0.6) is 0 Å². The van der Waals surface area contributed by atoms with Crippen molar-refractivity contribution < 1.29 is 9.53 Å². The van der Waals surface area contributed by atoms with Crippen LogP contribution in [0.25, 0.3) is 0 Å². The van der Waals surface area contributed by atoms with E-state index in [4.69, 9.17) is 10.5 Å². The van der Waals surface area contributed by atoms with Crippen LogP contribution >= 0.6 is 0 Å². The molecule has 1 aliphatic rings. The molecule has 19 heavy (non-hydrogen) atoms. The highest BCUT2D eigenvalue weighted by Crippen LogP contribution is 2.38. The zero-order valence-corrected chi connectivity index (χ0v) is 11.7. The second-order valence-corrected chi connectivity index (χ2v) is 5.90. The van der Waals surface area contributed by atoms with E-state index in [1.165, 1.54) is 13.5 Å². The first kappa shape index (κ1) is 13.6. The van der Waals surface area contributed by atoms with Gasteiger partial charge in [0.2, 0.25) is 0 Å². The third kappa shape index (κ3) is 3.16. The molecule has 3 N–H and O–H groups in total.